The van der Waals surface area contributed by atoms with Gasteiger partial charge in [-0.3, -0.25) is 0 Å². The van der Waals surface area contributed by atoms with Crippen LogP contribution in [0.3, 0.4) is 0 Å². The van der Waals surface area contributed by atoms with Crippen LogP contribution >= 0.6 is 0 Å². The molecule has 1 aromatic carbocycles. The van der Waals surface area contributed by atoms with E-state index in [2.05, 4.69) is 15.6 Å². The minimum atomic E-state index is -0.0478. The fraction of sp³-hybridized carbons (Fsp3) is 0.526. The van der Waals surface area contributed by atoms with Crippen molar-refractivity contribution in [1.29, 1.82) is 0 Å². The van der Waals surface area contributed by atoms with Gasteiger partial charge in [0.15, 0.2) is 0 Å². The van der Waals surface area contributed by atoms with Crippen molar-refractivity contribution in [3.8, 4) is 0 Å². The monoisotopic (exact) mass is 355 g/mol. The van der Waals surface area contributed by atoms with Crippen LogP contribution in [0.2, 0.25) is 0 Å². The Morgan fingerprint density at radius 1 is 1.23 bits per heavy atom. The molecular formula is C19H25N5O2. The van der Waals surface area contributed by atoms with E-state index in [1.54, 1.807) is 0 Å². The number of aromatic nitrogens is 3. The van der Waals surface area contributed by atoms with Crippen molar-refractivity contribution < 1.29 is 9.53 Å². The van der Waals surface area contributed by atoms with E-state index in [9.17, 15) is 4.79 Å². The van der Waals surface area contributed by atoms with E-state index < -0.39 is 0 Å². The van der Waals surface area contributed by atoms with Crippen molar-refractivity contribution in [3.63, 3.8) is 0 Å². The number of hydrogen-bond acceptors (Lipinski definition) is 4. The summed E-state index contributed by atoms with van der Waals surface area (Å²) in [6, 6.07) is 9.90. The minimum absolute atomic E-state index is 0.0478. The van der Waals surface area contributed by atoms with Gasteiger partial charge in [-0.15, -0.1) is 5.10 Å². The number of nitrogens with zero attached hydrogens (tertiary/aromatic N) is 4. The first-order valence-electron chi connectivity index (χ1n) is 9.35. The fourth-order valence-corrected chi connectivity index (χ4v) is 3.17. The quantitative estimate of drug-likeness (QED) is 0.863. The molecule has 0 atom stereocenters. The van der Waals surface area contributed by atoms with Crippen LogP contribution in [0.5, 0.6) is 0 Å². The Labute approximate surface area is 153 Å². The van der Waals surface area contributed by atoms with E-state index in [1.165, 1.54) is 12.8 Å². The number of rotatable bonds is 6. The lowest BCUT2D eigenvalue weighted by atomic mass is 10.2. The third-order valence-corrected chi connectivity index (χ3v) is 4.92. The van der Waals surface area contributed by atoms with Crippen LogP contribution < -0.4 is 5.32 Å². The highest BCUT2D eigenvalue weighted by molar-refractivity contribution is 5.74. The van der Waals surface area contributed by atoms with Crippen LogP contribution in [0.25, 0.3) is 0 Å². The molecule has 0 unspecified atom stereocenters. The summed E-state index contributed by atoms with van der Waals surface area (Å²) in [4.78, 5) is 14.5. The van der Waals surface area contributed by atoms with E-state index in [4.69, 9.17) is 4.74 Å². The van der Waals surface area contributed by atoms with Crippen LogP contribution in [0.15, 0.2) is 30.3 Å². The molecule has 7 heteroatoms. The molecule has 0 radical (unpaired) electrons. The molecule has 7 nitrogen and oxygen atoms in total. The maximum Gasteiger partial charge on any atom is 0.318 e. The summed E-state index contributed by atoms with van der Waals surface area (Å²) in [5.74, 6) is 0.726. The van der Waals surface area contributed by atoms with E-state index in [0.29, 0.717) is 26.2 Å². The van der Waals surface area contributed by atoms with E-state index in [0.717, 1.165) is 42.4 Å². The summed E-state index contributed by atoms with van der Waals surface area (Å²) >= 11 is 0. The molecule has 138 valence electrons. The zero-order chi connectivity index (χ0) is 17.8. The molecule has 1 aromatic heterocycles. The SMILES string of the molecule is O=C(NCc1ccccc1)N1CCCn2nnc(COCC3CC3)c2C1. The summed E-state index contributed by atoms with van der Waals surface area (Å²) in [5.41, 5.74) is 2.94. The first-order chi connectivity index (χ1) is 12.8. The smallest absolute Gasteiger partial charge is 0.318 e. The highest BCUT2D eigenvalue weighted by Gasteiger charge is 2.25. The van der Waals surface area contributed by atoms with Crippen molar-refractivity contribution in [2.24, 2.45) is 5.92 Å². The van der Waals surface area contributed by atoms with E-state index >= 15 is 0 Å². The van der Waals surface area contributed by atoms with Crippen molar-refractivity contribution in [2.75, 3.05) is 13.2 Å². The molecule has 1 N–H and O–H groups in total. The molecule has 26 heavy (non-hydrogen) atoms. The van der Waals surface area contributed by atoms with Crippen LogP contribution in [-0.2, 0) is 31.0 Å². The lowest BCUT2D eigenvalue weighted by Crippen LogP contribution is -2.39. The van der Waals surface area contributed by atoms with Gasteiger partial charge in [0.1, 0.15) is 5.69 Å². The fourth-order valence-electron chi connectivity index (χ4n) is 3.17. The standard InChI is InChI=1S/C19H25N5O2/c25-19(20-11-15-5-2-1-3-6-15)23-9-4-10-24-18(12-23)17(21-22-24)14-26-13-16-7-8-16/h1-3,5-6,16H,4,7-14H2,(H,20,25). The van der Waals surface area contributed by atoms with E-state index in [1.807, 2.05) is 39.9 Å². The molecule has 1 saturated carbocycles. The topological polar surface area (TPSA) is 72.3 Å². The molecule has 1 aliphatic heterocycles. The van der Waals surface area contributed by atoms with Crippen LogP contribution in [0.4, 0.5) is 4.79 Å². The molecule has 2 heterocycles. The van der Waals surface area contributed by atoms with Gasteiger partial charge in [-0.05, 0) is 30.7 Å². The Hall–Kier alpha value is -2.41. The molecule has 0 bridgehead atoms. The molecule has 2 aromatic rings. The number of nitrogens with one attached hydrogen (secondary N) is 1. The second-order valence-electron chi connectivity index (χ2n) is 7.08. The molecule has 1 aliphatic carbocycles. The largest absolute Gasteiger partial charge is 0.375 e. The van der Waals surface area contributed by atoms with Crippen LogP contribution in [-0.4, -0.2) is 39.1 Å². The van der Waals surface area contributed by atoms with Gasteiger partial charge in [-0.1, -0.05) is 35.5 Å². The van der Waals surface area contributed by atoms with Gasteiger partial charge >= 0.3 is 6.03 Å². The summed E-state index contributed by atoms with van der Waals surface area (Å²) in [5, 5.41) is 11.5. The number of benzene rings is 1. The number of ether oxygens (including phenoxy) is 1. The summed E-state index contributed by atoms with van der Waals surface area (Å²) in [6.45, 7) is 3.83. The van der Waals surface area contributed by atoms with Crippen molar-refractivity contribution >= 4 is 6.03 Å². The third-order valence-electron chi connectivity index (χ3n) is 4.92. The average molecular weight is 355 g/mol. The Bertz CT molecular complexity index is 742. The number of carbonyl (C=O) groups excluding carboxylic acids is 1. The van der Waals surface area contributed by atoms with Gasteiger partial charge in [-0.25, -0.2) is 9.48 Å². The molecule has 1 fully saturated rings. The molecule has 2 amide bonds. The predicted octanol–water partition coefficient (Wildman–Crippen LogP) is 2.32. The Morgan fingerprint density at radius 2 is 2.08 bits per heavy atom. The van der Waals surface area contributed by atoms with Gasteiger partial charge < -0.3 is 15.0 Å². The van der Waals surface area contributed by atoms with Gasteiger partial charge in [0, 0.05) is 26.2 Å². The molecule has 0 spiro atoms. The highest BCUT2D eigenvalue weighted by atomic mass is 16.5. The Morgan fingerprint density at radius 3 is 2.88 bits per heavy atom. The third kappa shape index (κ3) is 4.22. The number of carbonyl (C=O) groups is 1. The van der Waals surface area contributed by atoms with Gasteiger partial charge in [0.05, 0.1) is 18.8 Å². The zero-order valence-corrected chi connectivity index (χ0v) is 14.9. The Kier molecular flexibility index (Phi) is 5.15. The first kappa shape index (κ1) is 17.0. The molecule has 4 rings (SSSR count). The predicted molar refractivity (Wildman–Crippen MR) is 96.1 cm³/mol. The number of fused-ring (bicyclic) bond motifs is 1. The van der Waals surface area contributed by atoms with Gasteiger partial charge in [0.2, 0.25) is 0 Å². The number of urea groups is 1. The summed E-state index contributed by atoms with van der Waals surface area (Å²) < 4.78 is 7.69. The maximum absolute atomic E-state index is 12.6. The average Bonchev–Trinajstić information content (AvgIpc) is 3.45. The lowest BCUT2D eigenvalue weighted by molar-refractivity contribution is 0.107. The highest BCUT2D eigenvalue weighted by Crippen LogP contribution is 2.29. The summed E-state index contributed by atoms with van der Waals surface area (Å²) in [6.07, 6.45) is 3.42. The van der Waals surface area contributed by atoms with E-state index in [-0.39, 0.29) is 6.03 Å². The second kappa shape index (κ2) is 7.86. The molecular weight excluding hydrogens is 330 g/mol. The lowest BCUT2D eigenvalue weighted by Gasteiger charge is -2.21. The molecule has 2 aliphatic rings. The summed E-state index contributed by atoms with van der Waals surface area (Å²) in [7, 11) is 0. The first-order valence-corrected chi connectivity index (χ1v) is 9.35. The number of aryl methyl sites for hydroxylation is 1. The second-order valence-corrected chi connectivity index (χ2v) is 7.08. The number of hydrogen-bond donors (Lipinski definition) is 1. The normalized spacial score (nSPS) is 16.8. The molecule has 0 saturated heterocycles. The Balaban J connectivity index is 1.36. The zero-order valence-electron chi connectivity index (χ0n) is 14.9. The van der Waals surface area contributed by atoms with Gasteiger partial charge in [0.25, 0.3) is 0 Å². The van der Waals surface area contributed by atoms with Crippen molar-refractivity contribution in [2.45, 2.75) is 45.5 Å². The van der Waals surface area contributed by atoms with Crippen LogP contribution in [0, 0.1) is 5.92 Å². The number of amides is 2. The maximum atomic E-state index is 12.6. The van der Waals surface area contributed by atoms with Crippen molar-refractivity contribution in [3.05, 3.63) is 47.3 Å². The minimum Gasteiger partial charge on any atom is -0.375 e. The van der Waals surface area contributed by atoms with Crippen LogP contribution in [0.1, 0.15) is 36.2 Å². The van der Waals surface area contributed by atoms with Gasteiger partial charge in [-0.2, -0.15) is 0 Å². The van der Waals surface area contributed by atoms with Crippen molar-refractivity contribution in [1.82, 2.24) is 25.2 Å².